The standard InChI is InChI=1S/C26H22N4O2S/c1-16-13-19(9-10-22(16)32-3)24-17(2)33-26(28-24)29-25(31)20-11-12-30-15-21(27-23(30)14-20)18-7-5-4-6-8-18/h4-15H,1-3H3,(H,28,29,31). The van der Waals surface area contributed by atoms with Crippen LogP contribution in [0.15, 0.2) is 73.1 Å². The topological polar surface area (TPSA) is 68.5 Å². The van der Waals surface area contributed by atoms with Crippen LogP contribution in [0, 0.1) is 13.8 Å². The number of rotatable bonds is 5. The number of imidazole rings is 1. The summed E-state index contributed by atoms with van der Waals surface area (Å²) in [7, 11) is 1.66. The van der Waals surface area contributed by atoms with Gasteiger partial charge in [0.05, 0.1) is 18.5 Å². The van der Waals surface area contributed by atoms with Crippen molar-refractivity contribution in [1.82, 2.24) is 14.4 Å². The molecular weight excluding hydrogens is 432 g/mol. The van der Waals surface area contributed by atoms with Crippen LogP contribution in [0.4, 0.5) is 5.13 Å². The third kappa shape index (κ3) is 4.10. The van der Waals surface area contributed by atoms with Gasteiger partial charge >= 0.3 is 0 Å². The second-order valence-corrected chi connectivity index (χ2v) is 8.94. The number of nitrogens with one attached hydrogen (secondary N) is 1. The highest BCUT2D eigenvalue weighted by Gasteiger charge is 2.15. The summed E-state index contributed by atoms with van der Waals surface area (Å²) in [6.07, 6.45) is 3.81. The SMILES string of the molecule is COc1ccc(-c2nc(NC(=O)c3ccn4cc(-c5ccccc5)nc4c3)sc2C)cc1C. The Balaban J connectivity index is 1.38. The number of benzene rings is 2. The molecule has 1 amide bonds. The summed E-state index contributed by atoms with van der Waals surface area (Å²) in [6.45, 7) is 4.01. The quantitative estimate of drug-likeness (QED) is 0.353. The van der Waals surface area contributed by atoms with Crippen LogP contribution in [-0.4, -0.2) is 27.4 Å². The van der Waals surface area contributed by atoms with E-state index in [1.165, 1.54) is 11.3 Å². The fourth-order valence-electron chi connectivity index (χ4n) is 3.78. The number of thiazole rings is 1. The number of pyridine rings is 1. The van der Waals surface area contributed by atoms with Crippen LogP contribution in [0.1, 0.15) is 20.8 Å². The molecule has 0 saturated heterocycles. The monoisotopic (exact) mass is 454 g/mol. The smallest absolute Gasteiger partial charge is 0.257 e. The van der Waals surface area contributed by atoms with Gasteiger partial charge in [-0.2, -0.15) is 0 Å². The van der Waals surface area contributed by atoms with E-state index in [1.54, 1.807) is 19.2 Å². The van der Waals surface area contributed by atoms with Gasteiger partial charge in [-0.3, -0.25) is 10.1 Å². The molecule has 1 N–H and O–H groups in total. The third-order valence-corrected chi connectivity index (χ3v) is 6.36. The predicted octanol–water partition coefficient (Wildman–Crippen LogP) is 6.00. The highest BCUT2D eigenvalue weighted by Crippen LogP contribution is 2.33. The number of ether oxygens (including phenoxy) is 1. The van der Waals surface area contributed by atoms with Gasteiger partial charge in [0.25, 0.3) is 5.91 Å². The molecule has 0 spiro atoms. The van der Waals surface area contributed by atoms with Crippen molar-refractivity contribution >= 4 is 28.0 Å². The van der Waals surface area contributed by atoms with Crippen LogP contribution in [0.25, 0.3) is 28.2 Å². The largest absolute Gasteiger partial charge is 0.496 e. The van der Waals surface area contributed by atoms with Gasteiger partial charge in [0, 0.05) is 34.0 Å². The summed E-state index contributed by atoms with van der Waals surface area (Å²) < 4.78 is 7.26. The maximum atomic E-state index is 12.9. The highest BCUT2D eigenvalue weighted by atomic mass is 32.1. The van der Waals surface area contributed by atoms with Gasteiger partial charge in [0.2, 0.25) is 0 Å². The van der Waals surface area contributed by atoms with Crippen molar-refractivity contribution in [3.8, 4) is 28.3 Å². The lowest BCUT2D eigenvalue weighted by Gasteiger charge is -2.06. The molecular formula is C26H22N4O2S. The summed E-state index contributed by atoms with van der Waals surface area (Å²) in [6, 6.07) is 19.5. The number of hydrogen-bond donors (Lipinski definition) is 1. The van der Waals surface area contributed by atoms with Gasteiger partial charge in [0.15, 0.2) is 5.13 Å². The number of aryl methyl sites for hydroxylation is 2. The van der Waals surface area contributed by atoms with E-state index in [2.05, 4.69) is 15.3 Å². The second kappa shape index (κ2) is 8.52. The van der Waals surface area contributed by atoms with E-state index < -0.39 is 0 Å². The summed E-state index contributed by atoms with van der Waals surface area (Å²) in [5, 5.41) is 3.50. The molecule has 6 nitrogen and oxygen atoms in total. The molecule has 0 aliphatic heterocycles. The molecule has 2 aromatic carbocycles. The molecule has 0 bridgehead atoms. The lowest BCUT2D eigenvalue weighted by Crippen LogP contribution is -2.12. The van der Waals surface area contributed by atoms with Crippen LogP contribution >= 0.6 is 11.3 Å². The van der Waals surface area contributed by atoms with Gasteiger partial charge in [-0.1, -0.05) is 30.3 Å². The molecule has 0 atom stereocenters. The minimum absolute atomic E-state index is 0.215. The number of carbonyl (C=O) groups excluding carboxylic acids is 1. The molecule has 3 aromatic heterocycles. The zero-order valence-corrected chi connectivity index (χ0v) is 19.3. The average Bonchev–Trinajstić information content (AvgIpc) is 3.42. The van der Waals surface area contributed by atoms with Crippen LogP contribution < -0.4 is 10.1 Å². The predicted molar refractivity (Wildman–Crippen MR) is 132 cm³/mol. The first-order valence-electron chi connectivity index (χ1n) is 10.5. The normalized spacial score (nSPS) is 11.0. The Bertz CT molecular complexity index is 1470. The van der Waals surface area contributed by atoms with Gasteiger partial charge in [-0.05, 0) is 49.7 Å². The lowest BCUT2D eigenvalue weighted by molar-refractivity contribution is 0.102. The van der Waals surface area contributed by atoms with Gasteiger partial charge < -0.3 is 9.14 Å². The first-order valence-corrected chi connectivity index (χ1v) is 11.3. The molecule has 0 saturated carbocycles. The van der Waals surface area contributed by atoms with Crippen LogP contribution in [-0.2, 0) is 0 Å². The number of methoxy groups -OCH3 is 1. The molecule has 164 valence electrons. The Morgan fingerprint density at radius 2 is 1.82 bits per heavy atom. The van der Waals surface area contributed by atoms with Crippen molar-refractivity contribution in [2.75, 3.05) is 12.4 Å². The van der Waals surface area contributed by atoms with Gasteiger partial charge in [0.1, 0.15) is 11.4 Å². The highest BCUT2D eigenvalue weighted by molar-refractivity contribution is 7.16. The molecule has 0 radical (unpaired) electrons. The first kappa shape index (κ1) is 20.9. The summed E-state index contributed by atoms with van der Waals surface area (Å²) in [5.74, 6) is 0.623. The van der Waals surface area contributed by atoms with Gasteiger partial charge in [-0.25, -0.2) is 9.97 Å². The number of anilines is 1. The minimum Gasteiger partial charge on any atom is -0.496 e. The number of amides is 1. The van der Waals surface area contributed by atoms with Crippen molar-refractivity contribution in [3.05, 3.63) is 89.1 Å². The Labute approximate surface area is 195 Å². The Kier molecular flexibility index (Phi) is 5.40. The van der Waals surface area contributed by atoms with Gasteiger partial charge in [-0.15, -0.1) is 11.3 Å². The number of hydrogen-bond acceptors (Lipinski definition) is 5. The number of aromatic nitrogens is 3. The first-order chi connectivity index (χ1) is 16.0. The molecule has 3 heterocycles. The van der Waals surface area contributed by atoms with Crippen molar-refractivity contribution in [3.63, 3.8) is 0 Å². The van der Waals surface area contributed by atoms with Crippen molar-refractivity contribution in [1.29, 1.82) is 0 Å². The molecule has 0 fully saturated rings. The maximum absolute atomic E-state index is 12.9. The van der Waals surface area contributed by atoms with E-state index in [1.807, 2.05) is 79.2 Å². The molecule has 0 aliphatic carbocycles. The van der Waals surface area contributed by atoms with E-state index in [9.17, 15) is 4.79 Å². The van der Waals surface area contributed by atoms with Crippen LogP contribution in [0.5, 0.6) is 5.75 Å². The zero-order chi connectivity index (χ0) is 22.9. The Hall–Kier alpha value is -3.97. The minimum atomic E-state index is -0.215. The fraction of sp³-hybridized carbons (Fsp3) is 0.115. The van der Waals surface area contributed by atoms with Crippen molar-refractivity contribution in [2.24, 2.45) is 0 Å². The average molecular weight is 455 g/mol. The van der Waals surface area contributed by atoms with Crippen LogP contribution in [0.2, 0.25) is 0 Å². The zero-order valence-electron chi connectivity index (χ0n) is 18.5. The second-order valence-electron chi connectivity index (χ2n) is 7.74. The van der Waals surface area contributed by atoms with Crippen LogP contribution in [0.3, 0.4) is 0 Å². The maximum Gasteiger partial charge on any atom is 0.257 e. The van der Waals surface area contributed by atoms with Crippen molar-refractivity contribution < 1.29 is 9.53 Å². The lowest BCUT2D eigenvalue weighted by atomic mass is 10.1. The number of nitrogens with zero attached hydrogens (tertiary/aromatic N) is 3. The molecule has 5 rings (SSSR count). The Morgan fingerprint density at radius 3 is 2.58 bits per heavy atom. The number of carbonyl (C=O) groups is 1. The van der Waals surface area contributed by atoms with E-state index in [0.29, 0.717) is 16.3 Å². The molecule has 5 aromatic rings. The summed E-state index contributed by atoms with van der Waals surface area (Å²) in [5.41, 5.74) is 6.03. The Morgan fingerprint density at radius 1 is 1.00 bits per heavy atom. The molecule has 33 heavy (non-hydrogen) atoms. The van der Waals surface area contributed by atoms with Crippen molar-refractivity contribution in [2.45, 2.75) is 13.8 Å². The molecule has 0 unspecified atom stereocenters. The summed E-state index contributed by atoms with van der Waals surface area (Å²) in [4.78, 5) is 23.3. The van der Waals surface area contributed by atoms with E-state index >= 15 is 0 Å². The number of fused-ring (bicyclic) bond motifs is 1. The van der Waals surface area contributed by atoms with E-state index in [-0.39, 0.29) is 5.91 Å². The van der Waals surface area contributed by atoms with E-state index in [4.69, 9.17) is 4.74 Å². The summed E-state index contributed by atoms with van der Waals surface area (Å²) >= 11 is 1.46. The van der Waals surface area contributed by atoms with E-state index in [0.717, 1.165) is 38.7 Å². The molecule has 0 aliphatic rings. The fourth-order valence-corrected chi connectivity index (χ4v) is 4.61. The molecule has 7 heteroatoms. The third-order valence-electron chi connectivity index (χ3n) is 5.48.